The van der Waals surface area contributed by atoms with Gasteiger partial charge in [0.1, 0.15) is 11.5 Å². The first-order valence-electron chi connectivity index (χ1n) is 7.77. The smallest absolute Gasteiger partial charge is 0.274 e. The molecule has 0 radical (unpaired) electrons. The zero-order chi connectivity index (χ0) is 17.6. The van der Waals surface area contributed by atoms with Gasteiger partial charge in [0.15, 0.2) is 5.75 Å². The van der Waals surface area contributed by atoms with Crippen molar-refractivity contribution in [2.75, 3.05) is 13.6 Å². The van der Waals surface area contributed by atoms with Gasteiger partial charge in [-0.2, -0.15) is 0 Å². The molecule has 3 heterocycles. The van der Waals surface area contributed by atoms with Crippen LogP contribution in [0.1, 0.15) is 21.9 Å². The number of fused-ring (bicyclic) bond motifs is 1. The van der Waals surface area contributed by atoms with E-state index < -0.39 is 0 Å². The Morgan fingerprint density at radius 2 is 2.00 bits per heavy atom. The van der Waals surface area contributed by atoms with Gasteiger partial charge in [-0.3, -0.25) is 4.79 Å². The van der Waals surface area contributed by atoms with E-state index in [1.165, 1.54) is 12.1 Å². The van der Waals surface area contributed by atoms with Gasteiger partial charge >= 0.3 is 0 Å². The topological polar surface area (TPSA) is 84.4 Å². The second-order valence-corrected chi connectivity index (χ2v) is 5.96. The number of rotatable bonds is 3. The Kier molecular flexibility index (Phi) is 3.52. The number of nitrogens with zero attached hydrogens (tertiary/aromatic N) is 4. The van der Waals surface area contributed by atoms with Crippen molar-refractivity contribution in [3.8, 4) is 17.2 Å². The Hall–Kier alpha value is -3.16. The molecule has 4 rings (SSSR count). The molecular weight excluding hydrogens is 327 g/mol. The number of carbonyl (C=O) groups is 1. The van der Waals surface area contributed by atoms with Crippen LogP contribution < -0.4 is 0 Å². The average molecular weight is 342 g/mol. The lowest BCUT2D eigenvalue weighted by molar-refractivity contribution is 0.0745. The maximum Gasteiger partial charge on any atom is 0.274 e. The fourth-order valence-corrected chi connectivity index (χ4v) is 2.85. The SMILES string of the molecule is CN1CCn2cc(-c3nnc(Cc4ccc(F)cc4)o3)c(O)c2C1=O. The predicted molar refractivity (Wildman–Crippen MR) is 85.6 cm³/mol. The second kappa shape index (κ2) is 5.73. The van der Waals surface area contributed by atoms with Crippen molar-refractivity contribution in [1.82, 2.24) is 19.7 Å². The molecule has 1 N–H and O–H groups in total. The quantitative estimate of drug-likeness (QED) is 0.788. The van der Waals surface area contributed by atoms with Crippen molar-refractivity contribution >= 4 is 5.91 Å². The maximum atomic E-state index is 13.0. The van der Waals surface area contributed by atoms with Gasteiger partial charge in [-0.05, 0) is 17.7 Å². The summed E-state index contributed by atoms with van der Waals surface area (Å²) in [4.78, 5) is 13.8. The number of amides is 1. The van der Waals surface area contributed by atoms with E-state index in [0.717, 1.165) is 5.56 Å². The fraction of sp³-hybridized carbons (Fsp3) is 0.235. The molecule has 7 nitrogen and oxygen atoms in total. The number of hydrogen-bond acceptors (Lipinski definition) is 5. The highest BCUT2D eigenvalue weighted by molar-refractivity contribution is 5.98. The van der Waals surface area contributed by atoms with Crippen LogP contribution in [0.15, 0.2) is 34.9 Å². The molecule has 0 saturated heterocycles. The minimum atomic E-state index is -0.311. The first kappa shape index (κ1) is 15.4. The molecule has 8 heteroatoms. The molecule has 0 atom stereocenters. The molecule has 25 heavy (non-hydrogen) atoms. The van der Waals surface area contributed by atoms with Crippen LogP contribution in [0.3, 0.4) is 0 Å². The zero-order valence-corrected chi connectivity index (χ0v) is 13.4. The molecule has 1 aliphatic rings. The summed E-state index contributed by atoms with van der Waals surface area (Å²) < 4.78 is 20.3. The summed E-state index contributed by atoms with van der Waals surface area (Å²) >= 11 is 0. The van der Waals surface area contributed by atoms with E-state index in [1.807, 2.05) is 0 Å². The molecule has 0 saturated carbocycles. The van der Waals surface area contributed by atoms with Crippen LogP contribution >= 0.6 is 0 Å². The summed E-state index contributed by atoms with van der Waals surface area (Å²) in [5, 5.41) is 18.3. The van der Waals surface area contributed by atoms with Gasteiger partial charge in [-0.15, -0.1) is 10.2 Å². The molecule has 1 aliphatic heterocycles. The molecule has 0 fully saturated rings. The Balaban J connectivity index is 1.63. The number of carbonyl (C=O) groups excluding carboxylic acids is 1. The minimum Gasteiger partial charge on any atom is -0.505 e. The molecule has 0 unspecified atom stereocenters. The summed E-state index contributed by atoms with van der Waals surface area (Å²) in [6.45, 7) is 1.15. The first-order valence-corrected chi connectivity index (χ1v) is 7.77. The van der Waals surface area contributed by atoms with Crippen LogP contribution in [0.25, 0.3) is 11.5 Å². The van der Waals surface area contributed by atoms with Crippen LogP contribution in [0.5, 0.6) is 5.75 Å². The van der Waals surface area contributed by atoms with Gasteiger partial charge in [-0.25, -0.2) is 4.39 Å². The second-order valence-electron chi connectivity index (χ2n) is 5.96. The summed E-state index contributed by atoms with van der Waals surface area (Å²) in [7, 11) is 1.69. The van der Waals surface area contributed by atoms with Gasteiger partial charge in [0.2, 0.25) is 5.89 Å². The molecule has 128 valence electrons. The van der Waals surface area contributed by atoms with Crippen molar-refractivity contribution < 1.29 is 18.7 Å². The zero-order valence-electron chi connectivity index (χ0n) is 13.4. The molecule has 3 aromatic rings. The van der Waals surface area contributed by atoms with Gasteiger partial charge in [-0.1, -0.05) is 12.1 Å². The van der Waals surface area contributed by atoms with Crippen LogP contribution in [-0.2, 0) is 13.0 Å². The number of benzene rings is 1. The largest absolute Gasteiger partial charge is 0.505 e. The van der Waals surface area contributed by atoms with Crippen molar-refractivity contribution in [3.63, 3.8) is 0 Å². The number of halogens is 1. The first-order chi connectivity index (χ1) is 12.0. The molecule has 0 spiro atoms. The van der Waals surface area contributed by atoms with Crippen LogP contribution in [-0.4, -0.2) is 44.3 Å². The monoisotopic (exact) mass is 342 g/mol. The van der Waals surface area contributed by atoms with E-state index in [-0.39, 0.29) is 29.1 Å². The highest BCUT2D eigenvalue weighted by atomic mass is 19.1. The molecular formula is C17H15FN4O3. The number of aromatic nitrogens is 3. The Morgan fingerprint density at radius 3 is 2.76 bits per heavy atom. The highest BCUT2D eigenvalue weighted by Crippen LogP contribution is 2.35. The van der Waals surface area contributed by atoms with Gasteiger partial charge < -0.3 is 19.0 Å². The van der Waals surface area contributed by atoms with E-state index in [0.29, 0.717) is 31.0 Å². The van der Waals surface area contributed by atoms with Gasteiger partial charge in [0, 0.05) is 26.3 Å². The van der Waals surface area contributed by atoms with Crippen molar-refractivity contribution in [1.29, 1.82) is 0 Å². The van der Waals surface area contributed by atoms with Crippen molar-refractivity contribution in [2.24, 2.45) is 0 Å². The third-order valence-corrected chi connectivity index (χ3v) is 4.24. The number of aromatic hydroxyl groups is 1. The lowest BCUT2D eigenvalue weighted by Crippen LogP contribution is -2.36. The summed E-state index contributed by atoms with van der Waals surface area (Å²) in [5.41, 5.74) is 1.38. The lowest BCUT2D eigenvalue weighted by atomic mass is 10.1. The number of likely N-dealkylation sites (N-methyl/N-ethyl adjacent to an activating group) is 1. The molecule has 0 bridgehead atoms. The molecule has 1 amide bonds. The highest BCUT2D eigenvalue weighted by Gasteiger charge is 2.30. The summed E-state index contributed by atoms with van der Waals surface area (Å²) in [5.74, 6) is -0.232. The van der Waals surface area contributed by atoms with Crippen LogP contribution in [0.2, 0.25) is 0 Å². The van der Waals surface area contributed by atoms with Crippen LogP contribution in [0.4, 0.5) is 4.39 Å². The predicted octanol–water partition coefficient (Wildman–Crippen LogP) is 2.06. The molecule has 0 aliphatic carbocycles. The van der Waals surface area contributed by atoms with Crippen molar-refractivity contribution in [3.05, 3.63) is 53.4 Å². The lowest BCUT2D eigenvalue weighted by Gasteiger charge is -2.24. The normalized spacial score (nSPS) is 14.0. The van der Waals surface area contributed by atoms with E-state index >= 15 is 0 Å². The Labute approximate surface area is 142 Å². The van der Waals surface area contributed by atoms with E-state index in [4.69, 9.17) is 4.42 Å². The van der Waals surface area contributed by atoms with Gasteiger partial charge in [0.05, 0.1) is 12.0 Å². The van der Waals surface area contributed by atoms with E-state index in [1.54, 1.807) is 34.8 Å². The molecule has 2 aromatic heterocycles. The third-order valence-electron chi connectivity index (χ3n) is 4.24. The van der Waals surface area contributed by atoms with Gasteiger partial charge in [0.25, 0.3) is 11.8 Å². The van der Waals surface area contributed by atoms with E-state index in [9.17, 15) is 14.3 Å². The van der Waals surface area contributed by atoms with Crippen molar-refractivity contribution in [2.45, 2.75) is 13.0 Å². The average Bonchev–Trinajstić information content (AvgIpc) is 3.18. The minimum absolute atomic E-state index is 0.145. The van der Waals surface area contributed by atoms with E-state index in [2.05, 4.69) is 10.2 Å². The van der Waals surface area contributed by atoms with Crippen LogP contribution in [0, 0.1) is 5.82 Å². The molecule has 1 aromatic carbocycles. The maximum absolute atomic E-state index is 13.0. The third kappa shape index (κ3) is 2.65. The number of hydrogen-bond donors (Lipinski definition) is 1. The standard InChI is InChI=1S/C17H15FN4O3/c1-21-6-7-22-9-12(15(23)14(22)17(21)24)16-20-19-13(25-16)8-10-2-4-11(18)5-3-10/h2-5,9,23H,6-8H2,1H3. The Bertz CT molecular complexity index is 945. The fourth-order valence-electron chi connectivity index (χ4n) is 2.85. The Morgan fingerprint density at radius 1 is 1.24 bits per heavy atom. The summed E-state index contributed by atoms with van der Waals surface area (Å²) in [6, 6.07) is 6.01. The summed E-state index contributed by atoms with van der Waals surface area (Å²) in [6.07, 6.45) is 1.99.